The molecule has 0 bridgehead atoms. The van der Waals surface area contributed by atoms with Crippen molar-refractivity contribution < 1.29 is 29.2 Å². The minimum Gasteiger partial charge on any atom is -0.445 e. The van der Waals surface area contributed by atoms with Gasteiger partial charge in [-0.25, -0.2) is 4.79 Å². The van der Waals surface area contributed by atoms with Crippen molar-refractivity contribution in [2.75, 3.05) is 6.54 Å². The summed E-state index contributed by atoms with van der Waals surface area (Å²) < 4.78 is 5.17. The summed E-state index contributed by atoms with van der Waals surface area (Å²) in [5, 5.41) is 26.3. The molecule has 0 radical (unpaired) electrons. The van der Waals surface area contributed by atoms with Crippen LogP contribution in [0.25, 0.3) is 0 Å². The van der Waals surface area contributed by atoms with Gasteiger partial charge in [-0.3, -0.25) is 9.59 Å². The molecule has 172 valence electrons. The highest BCUT2D eigenvalue weighted by molar-refractivity contribution is 6.43. The maximum Gasteiger partial charge on any atom is 0.475 e. The van der Waals surface area contributed by atoms with Crippen LogP contribution in [0.2, 0.25) is 0 Å². The van der Waals surface area contributed by atoms with Gasteiger partial charge in [0.1, 0.15) is 12.6 Å². The zero-order valence-electron chi connectivity index (χ0n) is 18.6. The minimum absolute atomic E-state index is 0.0752. The van der Waals surface area contributed by atoms with E-state index in [1.54, 1.807) is 0 Å². The summed E-state index contributed by atoms with van der Waals surface area (Å²) in [4.78, 5) is 36.8. The third-order valence-corrected chi connectivity index (χ3v) is 4.38. The van der Waals surface area contributed by atoms with Crippen molar-refractivity contribution in [3.8, 4) is 0 Å². The van der Waals surface area contributed by atoms with Crippen LogP contribution in [0.15, 0.2) is 30.3 Å². The predicted molar refractivity (Wildman–Crippen MR) is 118 cm³/mol. The molecule has 0 aliphatic heterocycles. The second-order valence-corrected chi connectivity index (χ2v) is 8.32. The summed E-state index contributed by atoms with van der Waals surface area (Å²) in [7, 11) is -1.70. The Hall–Kier alpha value is -2.59. The van der Waals surface area contributed by atoms with Gasteiger partial charge in [-0.15, -0.1) is 0 Å². The third kappa shape index (κ3) is 11.4. The number of benzene rings is 1. The van der Waals surface area contributed by atoms with E-state index in [2.05, 4.69) is 16.0 Å². The smallest absolute Gasteiger partial charge is 0.445 e. The van der Waals surface area contributed by atoms with E-state index in [-0.39, 0.29) is 25.0 Å². The van der Waals surface area contributed by atoms with Crippen LogP contribution in [0.5, 0.6) is 0 Å². The SMILES string of the molecule is CC(C)CC(NC(=O)CNC(=O)C(CC(C)C)NC(=O)OCc1ccccc1)B(O)O. The van der Waals surface area contributed by atoms with Gasteiger partial charge in [-0.2, -0.15) is 0 Å². The number of hydrogen-bond donors (Lipinski definition) is 5. The average molecular weight is 435 g/mol. The Morgan fingerprint density at radius 1 is 0.968 bits per heavy atom. The molecule has 1 rings (SSSR count). The van der Waals surface area contributed by atoms with Crippen molar-refractivity contribution in [1.29, 1.82) is 0 Å². The molecule has 0 fully saturated rings. The van der Waals surface area contributed by atoms with Crippen molar-refractivity contribution in [3.63, 3.8) is 0 Å². The highest BCUT2D eigenvalue weighted by atomic mass is 16.5. The van der Waals surface area contributed by atoms with Gasteiger partial charge in [0.15, 0.2) is 0 Å². The summed E-state index contributed by atoms with van der Waals surface area (Å²) in [6, 6.07) is 8.29. The third-order valence-electron chi connectivity index (χ3n) is 4.38. The maximum atomic E-state index is 12.5. The molecular formula is C21H34BN3O6. The van der Waals surface area contributed by atoms with Crippen LogP contribution in [0.1, 0.15) is 46.1 Å². The molecule has 5 N–H and O–H groups in total. The molecule has 3 amide bonds. The first-order valence-corrected chi connectivity index (χ1v) is 10.5. The van der Waals surface area contributed by atoms with Crippen molar-refractivity contribution in [3.05, 3.63) is 35.9 Å². The molecule has 0 aliphatic carbocycles. The molecular weight excluding hydrogens is 401 g/mol. The molecule has 2 atom stereocenters. The Kier molecular flexibility index (Phi) is 11.7. The molecule has 0 aliphatic rings. The lowest BCUT2D eigenvalue weighted by Crippen LogP contribution is -2.52. The first kappa shape index (κ1) is 26.5. The van der Waals surface area contributed by atoms with Crippen LogP contribution in [0.4, 0.5) is 4.79 Å². The quantitative estimate of drug-likeness (QED) is 0.311. The molecule has 2 unspecified atom stereocenters. The standard InChI is InChI=1S/C21H34BN3O6/c1-14(2)10-17(24-21(28)31-13-16-8-6-5-7-9-16)20(27)23-12-19(26)25-18(22(29)30)11-15(3)4/h5-9,14-15,17-18,29-30H,10-13H2,1-4H3,(H,23,27)(H,24,28)(H,25,26). The van der Waals surface area contributed by atoms with Gasteiger partial charge in [-0.1, -0.05) is 58.0 Å². The number of carbonyl (C=O) groups is 3. The van der Waals surface area contributed by atoms with Gasteiger partial charge in [0.05, 0.1) is 12.5 Å². The van der Waals surface area contributed by atoms with Crippen LogP contribution in [-0.4, -0.2) is 53.6 Å². The summed E-state index contributed by atoms with van der Waals surface area (Å²) in [6.45, 7) is 7.32. The molecule has 0 aromatic heterocycles. The van der Waals surface area contributed by atoms with Crippen LogP contribution < -0.4 is 16.0 Å². The van der Waals surface area contributed by atoms with Gasteiger partial charge in [0, 0.05) is 0 Å². The van der Waals surface area contributed by atoms with E-state index in [0.29, 0.717) is 12.8 Å². The highest BCUT2D eigenvalue weighted by Gasteiger charge is 2.27. The zero-order valence-corrected chi connectivity index (χ0v) is 18.6. The van der Waals surface area contributed by atoms with Crippen molar-refractivity contribution in [2.24, 2.45) is 11.8 Å². The summed E-state index contributed by atoms with van der Waals surface area (Å²) in [6.07, 6.45) is 0.0101. The lowest BCUT2D eigenvalue weighted by Gasteiger charge is -2.21. The van der Waals surface area contributed by atoms with E-state index in [1.165, 1.54) is 0 Å². The largest absolute Gasteiger partial charge is 0.475 e. The van der Waals surface area contributed by atoms with Crippen LogP contribution in [-0.2, 0) is 20.9 Å². The molecule has 1 aromatic rings. The Balaban J connectivity index is 2.56. The molecule has 31 heavy (non-hydrogen) atoms. The first-order chi connectivity index (χ1) is 14.6. The van der Waals surface area contributed by atoms with Gasteiger partial charge in [-0.05, 0) is 30.2 Å². The van der Waals surface area contributed by atoms with E-state index in [9.17, 15) is 24.4 Å². The predicted octanol–water partition coefficient (Wildman–Crippen LogP) is 0.987. The minimum atomic E-state index is -1.70. The first-order valence-electron chi connectivity index (χ1n) is 10.5. The van der Waals surface area contributed by atoms with Crippen molar-refractivity contribution in [1.82, 2.24) is 16.0 Å². The normalized spacial score (nSPS) is 12.8. The van der Waals surface area contributed by atoms with Gasteiger partial charge >= 0.3 is 13.2 Å². The second-order valence-electron chi connectivity index (χ2n) is 8.32. The van der Waals surface area contributed by atoms with E-state index >= 15 is 0 Å². The highest BCUT2D eigenvalue weighted by Crippen LogP contribution is 2.07. The second kappa shape index (κ2) is 13.7. The lowest BCUT2D eigenvalue weighted by molar-refractivity contribution is -0.127. The Morgan fingerprint density at radius 2 is 1.58 bits per heavy atom. The number of nitrogens with one attached hydrogen (secondary N) is 3. The number of rotatable bonds is 12. The van der Waals surface area contributed by atoms with Gasteiger partial charge in [0.2, 0.25) is 11.8 Å². The molecule has 9 nitrogen and oxygen atoms in total. The fraction of sp³-hybridized carbons (Fsp3) is 0.571. The number of amides is 3. The summed E-state index contributed by atoms with van der Waals surface area (Å²) >= 11 is 0. The fourth-order valence-electron chi connectivity index (χ4n) is 2.92. The fourth-order valence-corrected chi connectivity index (χ4v) is 2.92. The number of ether oxygens (including phenoxy) is 1. The Morgan fingerprint density at radius 3 is 2.13 bits per heavy atom. The Bertz CT molecular complexity index is 700. The molecule has 0 saturated heterocycles. The number of alkyl carbamates (subject to hydrolysis) is 1. The molecule has 0 saturated carbocycles. The maximum absolute atomic E-state index is 12.5. The van der Waals surface area contributed by atoms with E-state index in [4.69, 9.17) is 4.74 Å². The van der Waals surface area contributed by atoms with Crippen molar-refractivity contribution >= 4 is 25.0 Å². The topological polar surface area (TPSA) is 137 Å². The van der Waals surface area contributed by atoms with Gasteiger partial charge < -0.3 is 30.7 Å². The van der Waals surface area contributed by atoms with Crippen LogP contribution in [0.3, 0.4) is 0 Å². The van der Waals surface area contributed by atoms with E-state index in [1.807, 2.05) is 58.0 Å². The lowest BCUT2D eigenvalue weighted by atomic mass is 9.75. The van der Waals surface area contributed by atoms with E-state index < -0.39 is 37.0 Å². The zero-order chi connectivity index (χ0) is 23.4. The van der Waals surface area contributed by atoms with Crippen molar-refractivity contribution in [2.45, 2.75) is 59.1 Å². The monoisotopic (exact) mass is 435 g/mol. The summed E-state index contributed by atoms with van der Waals surface area (Å²) in [5.74, 6) is -1.66. The van der Waals surface area contributed by atoms with Gasteiger partial charge in [0.25, 0.3) is 0 Å². The molecule has 0 heterocycles. The Labute approximate surface area is 184 Å². The average Bonchev–Trinajstić information content (AvgIpc) is 2.69. The number of carbonyl (C=O) groups excluding carboxylic acids is 3. The number of hydrogen-bond acceptors (Lipinski definition) is 6. The van der Waals surface area contributed by atoms with E-state index in [0.717, 1.165) is 5.56 Å². The van der Waals surface area contributed by atoms with Crippen LogP contribution >= 0.6 is 0 Å². The molecule has 10 heteroatoms. The van der Waals surface area contributed by atoms with Crippen LogP contribution in [0, 0.1) is 11.8 Å². The molecule has 0 spiro atoms. The summed E-state index contributed by atoms with van der Waals surface area (Å²) in [5.41, 5.74) is 0.821. The molecule has 1 aromatic carbocycles.